The summed E-state index contributed by atoms with van der Waals surface area (Å²) < 4.78 is 18.5. The molecule has 0 saturated carbocycles. The standard InChI is InChI=1S/C15H16FN3O2/c1-21-14-5-6-17-15(18-14)19-9-12(20)8-13(19)10-3-2-4-11(16)7-10/h2-7,12-13,20H,8-9H2,1H3/t12-,13-/m0/s1. The van der Waals surface area contributed by atoms with E-state index in [-0.39, 0.29) is 11.9 Å². The van der Waals surface area contributed by atoms with Crippen molar-refractivity contribution in [1.82, 2.24) is 9.97 Å². The molecule has 1 fully saturated rings. The molecule has 0 spiro atoms. The van der Waals surface area contributed by atoms with Gasteiger partial charge in [-0.25, -0.2) is 9.37 Å². The highest BCUT2D eigenvalue weighted by molar-refractivity contribution is 5.40. The lowest BCUT2D eigenvalue weighted by Crippen LogP contribution is -2.26. The van der Waals surface area contributed by atoms with E-state index in [2.05, 4.69) is 9.97 Å². The Morgan fingerprint density at radius 3 is 3.00 bits per heavy atom. The van der Waals surface area contributed by atoms with E-state index < -0.39 is 6.10 Å². The molecule has 0 amide bonds. The highest BCUT2D eigenvalue weighted by Gasteiger charge is 2.34. The first-order valence-corrected chi connectivity index (χ1v) is 6.74. The van der Waals surface area contributed by atoms with E-state index in [0.717, 1.165) is 5.56 Å². The molecule has 21 heavy (non-hydrogen) atoms. The lowest BCUT2D eigenvalue weighted by Gasteiger charge is -2.24. The molecule has 1 saturated heterocycles. The summed E-state index contributed by atoms with van der Waals surface area (Å²) in [4.78, 5) is 10.4. The summed E-state index contributed by atoms with van der Waals surface area (Å²) in [5.74, 6) is 0.639. The van der Waals surface area contributed by atoms with Gasteiger partial charge in [0, 0.05) is 18.8 Å². The second-order valence-corrected chi connectivity index (χ2v) is 5.01. The topological polar surface area (TPSA) is 58.5 Å². The molecule has 1 aliphatic heterocycles. The Morgan fingerprint density at radius 2 is 2.24 bits per heavy atom. The molecule has 1 aromatic heterocycles. The van der Waals surface area contributed by atoms with Crippen molar-refractivity contribution in [3.8, 4) is 5.88 Å². The maximum absolute atomic E-state index is 13.4. The van der Waals surface area contributed by atoms with Crippen LogP contribution in [0.5, 0.6) is 5.88 Å². The van der Waals surface area contributed by atoms with Gasteiger partial charge in [0.25, 0.3) is 0 Å². The maximum atomic E-state index is 13.4. The summed E-state index contributed by atoms with van der Waals surface area (Å²) in [6, 6.07) is 7.91. The fourth-order valence-electron chi connectivity index (χ4n) is 2.65. The van der Waals surface area contributed by atoms with Crippen LogP contribution in [0.25, 0.3) is 0 Å². The summed E-state index contributed by atoms with van der Waals surface area (Å²) in [5.41, 5.74) is 0.804. The van der Waals surface area contributed by atoms with Gasteiger partial charge >= 0.3 is 0 Å². The van der Waals surface area contributed by atoms with E-state index in [9.17, 15) is 9.50 Å². The smallest absolute Gasteiger partial charge is 0.229 e. The van der Waals surface area contributed by atoms with Crippen LogP contribution in [-0.2, 0) is 0 Å². The number of β-amino-alcohol motifs (C(OH)–C–C–N with tert-alkyl or cyclic N) is 1. The van der Waals surface area contributed by atoms with Crippen LogP contribution in [0.15, 0.2) is 36.5 Å². The molecule has 2 atom stereocenters. The summed E-state index contributed by atoms with van der Waals surface area (Å²) in [6.45, 7) is 0.411. The van der Waals surface area contributed by atoms with Gasteiger partial charge in [-0.05, 0) is 24.1 Å². The number of aromatic nitrogens is 2. The second-order valence-electron chi connectivity index (χ2n) is 5.01. The van der Waals surface area contributed by atoms with E-state index in [4.69, 9.17) is 4.74 Å². The molecule has 2 aromatic rings. The number of ether oxygens (including phenoxy) is 1. The molecule has 5 nitrogen and oxygen atoms in total. The van der Waals surface area contributed by atoms with Crippen LogP contribution in [0.3, 0.4) is 0 Å². The van der Waals surface area contributed by atoms with Gasteiger partial charge in [0.2, 0.25) is 11.8 Å². The van der Waals surface area contributed by atoms with Gasteiger partial charge in [0.05, 0.1) is 19.3 Å². The van der Waals surface area contributed by atoms with Crippen molar-refractivity contribution in [3.63, 3.8) is 0 Å². The SMILES string of the molecule is COc1ccnc(N2C[C@@H](O)C[C@H]2c2cccc(F)c2)n1. The van der Waals surface area contributed by atoms with E-state index in [1.165, 1.54) is 19.2 Å². The number of aliphatic hydroxyl groups excluding tert-OH is 1. The minimum absolute atomic E-state index is 0.150. The van der Waals surface area contributed by atoms with Crippen LogP contribution in [0, 0.1) is 5.82 Å². The molecule has 6 heteroatoms. The van der Waals surface area contributed by atoms with Crippen molar-refractivity contribution in [2.75, 3.05) is 18.6 Å². The third kappa shape index (κ3) is 2.80. The quantitative estimate of drug-likeness (QED) is 0.935. The summed E-state index contributed by atoms with van der Waals surface area (Å²) in [6.07, 6.45) is 1.63. The Hall–Kier alpha value is -2.21. The average Bonchev–Trinajstić information content (AvgIpc) is 2.89. The average molecular weight is 289 g/mol. The molecule has 3 rings (SSSR count). The van der Waals surface area contributed by atoms with Crippen LogP contribution in [0.2, 0.25) is 0 Å². The Bertz CT molecular complexity index is 638. The first-order chi connectivity index (χ1) is 10.2. The zero-order chi connectivity index (χ0) is 14.8. The largest absolute Gasteiger partial charge is 0.481 e. The highest BCUT2D eigenvalue weighted by atomic mass is 19.1. The van der Waals surface area contributed by atoms with Crippen molar-refractivity contribution < 1.29 is 14.2 Å². The zero-order valence-corrected chi connectivity index (χ0v) is 11.6. The first kappa shape index (κ1) is 13.8. The third-order valence-corrected chi connectivity index (χ3v) is 3.60. The molecular formula is C15H16FN3O2. The van der Waals surface area contributed by atoms with Crippen molar-refractivity contribution in [2.45, 2.75) is 18.6 Å². The number of anilines is 1. The molecule has 1 N–H and O–H groups in total. The Kier molecular flexibility index (Phi) is 3.70. The van der Waals surface area contributed by atoms with Crippen LogP contribution < -0.4 is 9.64 Å². The molecular weight excluding hydrogens is 273 g/mol. The molecule has 1 aromatic carbocycles. The lowest BCUT2D eigenvalue weighted by molar-refractivity contribution is 0.194. The first-order valence-electron chi connectivity index (χ1n) is 6.74. The zero-order valence-electron chi connectivity index (χ0n) is 11.6. The Labute approximate surface area is 122 Å². The van der Waals surface area contributed by atoms with Gasteiger partial charge < -0.3 is 14.7 Å². The van der Waals surface area contributed by atoms with E-state index >= 15 is 0 Å². The molecule has 2 heterocycles. The predicted molar refractivity (Wildman–Crippen MR) is 75.7 cm³/mol. The van der Waals surface area contributed by atoms with Gasteiger partial charge in [-0.15, -0.1) is 0 Å². The van der Waals surface area contributed by atoms with Gasteiger partial charge in [-0.2, -0.15) is 4.98 Å². The van der Waals surface area contributed by atoms with Crippen molar-refractivity contribution in [3.05, 3.63) is 47.9 Å². The molecule has 0 unspecified atom stereocenters. The van der Waals surface area contributed by atoms with Crippen LogP contribution >= 0.6 is 0 Å². The van der Waals surface area contributed by atoms with Crippen LogP contribution in [0.1, 0.15) is 18.0 Å². The normalized spacial score (nSPS) is 21.6. The van der Waals surface area contributed by atoms with Crippen molar-refractivity contribution >= 4 is 5.95 Å². The fourth-order valence-corrected chi connectivity index (χ4v) is 2.65. The Morgan fingerprint density at radius 1 is 1.38 bits per heavy atom. The number of hydrogen-bond acceptors (Lipinski definition) is 5. The summed E-state index contributed by atoms with van der Waals surface area (Å²) in [5, 5.41) is 9.97. The summed E-state index contributed by atoms with van der Waals surface area (Å²) >= 11 is 0. The molecule has 1 aliphatic rings. The number of aliphatic hydroxyl groups is 1. The Balaban J connectivity index is 1.95. The number of benzene rings is 1. The number of hydrogen-bond donors (Lipinski definition) is 1. The van der Waals surface area contributed by atoms with E-state index in [0.29, 0.717) is 24.8 Å². The number of halogens is 1. The minimum Gasteiger partial charge on any atom is -0.481 e. The van der Waals surface area contributed by atoms with Crippen molar-refractivity contribution in [1.29, 1.82) is 0 Å². The van der Waals surface area contributed by atoms with Crippen molar-refractivity contribution in [2.24, 2.45) is 0 Å². The van der Waals surface area contributed by atoms with E-state index in [1.807, 2.05) is 11.0 Å². The molecule has 0 aliphatic carbocycles. The van der Waals surface area contributed by atoms with Gasteiger partial charge in [-0.3, -0.25) is 0 Å². The lowest BCUT2D eigenvalue weighted by atomic mass is 10.0. The van der Waals surface area contributed by atoms with Gasteiger partial charge in [-0.1, -0.05) is 12.1 Å². The highest BCUT2D eigenvalue weighted by Crippen LogP contribution is 2.35. The predicted octanol–water partition coefficient (Wildman–Crippen LogP) is 1.94. The molecule has 0 bridgehead atoms. The summed E-state index contributed by atoms with van der Waals surface area (Å²) in [7, 11) is 1.54. The number of rotatable bonds is 3. The number of nitrogens with zero attached hydrogens (tertiary/aromatic N) is 3. The van der Waals surface area contributed by atoms with E-state index in [1.54, 1.807) is 18.3 Å². The minimum atomic E-state index is -0.493. The van der Waals surface area contributed by atoms with Gasteiger partial charge in [0.15, 0.2) is 0 Å². The van der Waals surface area contributed by atoms with Gasteiger partial charge in [0.1, 0.15) is 5.82 Å². The fraction of sp³-hybridized carbons (Fsp3) is 0.333. The molecule has 110 valence electrons. The molecule has 0 radical (unpaired) electrons. The number of methoxy groups -OCH3 is 1. The maximum Gasteiger partial charge on any atom is 0.229 e. The second kappa shape index (κ2) is 5.65. The third-order valence-electron chi connectivity index (χ3n) is 3.60. The van der Waals surface area contributed by atoms with Crippen LogP contribution in [-0.4, -0.2) is 34.8 Å². The monoisotopic (exact) mass is 289 g/mol. The van der Waals surface area contributed by atoms with Crippen LogP contribution in [0.4, 0.5) is 10.3 Å².